The highest BCUT2D eigenvalue weighted by Gasteiger charge is 2.13. The summed E-state index contributed by atoms with van der Waals surface area (Å²) in [6, 6.07) is 7.43. The van der Waals surface area contributed by atoms with Gasteiger partial charge in [-0.3, -0.25) is 4.79 Å². The Balaban J connectivity index is 2.26. The first-order chi connectivity index (χ1) is 10.0. The molecule has 1 atom stereocenters. The van der Waals surface area contributed by atoms with Crippen LogP contribution in [0.15, 0.2) is 35.4 Å². The molecular formula is C13H17N5O2S. The molecule has 1 aromatic heterocycles. The zero-order valence-corrected chi connectivity index (χ0v) is 12.9. The van der Waals surface area contributed by atoms with Crippen LogP contribution in [0.3, 0.4) is 0 Å². The third kappa shape index (κ3) is 3.53. The van der Waals surface area contributed by atoms with Gasteiger partial charge in [0.2, 0.25) is 0 Å². The third-order valence-corrected chi connectivity index (χ3v) is 4.26. The van der Waals surface area contributed by atoms with Crippen molar-refractivity contribution in [2.24, 2.45) is 0 Å². The summed E-state index contributed by atoms with van der Waals surface area (Å²) in [6.07, 6.45) is 1.56. The Labute approximate surface area is 125 Å². The van der Waals surface area contributed by atoms with E-state index >= 15 is 0 Å². The molecule has 0 aliphatic rings. The number of nitrogens with one attached hydrogen (secondary N) is 1. The molecule has 0 radical (unpaired) electrons. The van der Waals surface area contributed by atoms with Crippen molar-refractivity contribution in [3.63, 3.8) is 0 Å². The monoisotopic (exact) mass is 307 g/mol. The number of rotatable bonds is 5. The summed E-state index contributed by atoms with van der Waals surface area (Å²) in [5, 5.41) is 10.2. The van der Waals surface area contributed by atoms with Gasteiger partial charge in [0.1, 0.15) is 11.0 Å². The topological polar surface area (TPSA) is 80.1 Å². The maximum Gasteiger partial charge on any atom is 0.273 e. The predicted molar refractivity (Wildman–Crippen MR) is 79.1 cm³/mol. The first-order valence-electron chi connectivity index (χ1n) is 6.32. The van der Waals surface area contributed by atoms with E-state index in [0.717, 1.165) is 10.5 Å². The Morgan fingerprint density at radius 2 is 2.10 bits per heavy atom. The van der Waals surface area contributed by atoms with Crippen LogP contribution >= 0.6 is 0 Å². The molecule has 2 aromatic rings. The van der Waals surface area contributed by atoms with Crippen LogP contribution in [-0.2, 0) is 17.5 Å². The second kappa shape index (κ2) is 6.59. The van der Waals surface area contributed by atoms with E-state index in [0.29, 0.717) is 6.54 Å². The van der Waals surface area contributed by atoms with Gasteiger partial charge in [0, 0.05) is 7.05 Å². The maximum absolute atomic E-state index is 12.2. The van der Waals surface area contributed by atoms with Crippen molar-refractivity contribution in [2.75, 3.05) is 21.1 Å². The second-order valence-electron chi connectivity index (χ2n) is 4.55. The van der Waals surface area contributed by atoms with Gasteiger partial charge in [0.05, 0.1) is 17.6 Å². The normalized spacial score (nSPS) is 12.4. The Bertz CT molecular complexity index is 668. The number of carbonyl (C=O) groups is 1. The van der Waals surface area contributed by atoms with Crippen LogP contribution in [0.4, 0.5) is 0 Å². The lowest BCUT2D eigenvalue weighted by Crippen LogP contribution is -2.18. The lowest BCUT2D eigenvalue weighted by atomic mass is 10.2. The van der Waals surface area contributed by atoms with E-state index in [1.807, 2.05) is 24.3 Å². The van der Waals surface area contributed by atoms with Crippen LogP contribution in [0.25, 0.3) is 0 Å². The van der Waals surface area contributed by atoms with Gasteiger partial charge >= 0.3 is 0 Å². The Morgan fingerprint density at radius 3 is 2.76 bits per heavy atom. The quantitative estimate of drug-likeness (QED) is 0.860. The van der Waals surface area contributed by atoms with Gasteiger partial charge in [0.15, 0.2) is 5.69 Å². The van der Waals surface area contributed by atoms with Gasteiger partial charge in [-0.1, -0.05) is 23.4 Å². The molecule has 1 heterocycles. The van der Waals surface area contributed by atoms with E-state index in [2.05, 4.69) is 15.6 Å². The predicted octanol–water partition coefficient (Wildman–Crippen LogP) is 0.270. The van der Waals surface area contributed by atoms with E-state index in [4.69, 9.17) is 0 Å². The summed E-state index contributed by atoms with van der Waals surface area (Å²) in [6.45, 7) is 0.403. The molecule has 7 nitrogen and oxygen atoms in total. The Morgan fingerprint density at radius 1 is 1.38 bits per heavy atom. The van der Waals surface area contributed by atoms with Crippen LogP contribution in [-0.4, -0.2) is 50.6 Å². The molecule has 0 fully saturated rings. The number of aromatic nitrogens is 3. The minimum atomic E-state index is -1.23. The zero-order chi connectivity index (χ0) is 15.4. The Kier molecular flexibility index (Phi) is 4.81. The number of amides is 1. The number of carbonyl (C=O) groups excluding carboxylic acids is 1. The van der Waals surface area contributed by atoms with E-state index in [9.17, 15) is 9.00 Å². The smallest absolute Gasteiger partial charge is 0.273 e. The summed E-state index contributed by atoms with van der Waals surface area (Å²) in [5.41, 5.74) is 1.13. The van der Waals surface area contributed by atoms with Gasteiger partial charge in [-0.25, -0.2) is 13.2 Å². The fraction of sp³-hybridized carbons (Fsp3) is 0.308. The van der Waals surface area contributed by atoms with E-state index in [-0.39, 0.29) is 11.6 Å². The largest absolute Gasteiger partial charge is 0.354 e. The average Bonchev–Trinajstić information content (AvgIpc) is 2.94. The molecule has 0 aliphatic heterocycles. The van der Waals surface area contributed by atoms with Crippen molar-refractivity contribution in [3.8, 4) is 0 Å². The molecule has 2 rings (SSSR count). The molecule has 1 amide bonds. The molecule has 0 aliphatic carbocycles. The van der Waals surface area contributed by atoms with Crippen molar-refractivity contribution in [2.45, 2.75) is 11.4 Å². The SMILES string of the molecule is CNC(=O)c1cn(Cc2ccccc2S(=O)N(C)C)nn1. The second-order valence-corrected chi connectivity index (χ2v) is 6.22. The van der Waals surface area contributed by atoms with Crippen molar-refractivity contribution in [1.29, 1.82) is 0 Å². The molecule has 0 saturated heterocycles. The molecule has 0 spiro atoms. The molecule has 1 aromatic carbocycles. The average molecular weight is 307 g/mol. The van der Waals surface area contributed by atoms with Crippen molar-refractivity contribution in [1.82, 2.24) is 24.6 Å². The summed E-state index contributed by atoms with van der Waals surface area (Å²) >= 11 is 0. The van der Waals surface area contributed by atoms with Gasteiger partial charge in [-0.15, -0.1) is 5.10 Å². The fourth-order valence-corrected chi connectivity index (χ4v) is 2.73. The van der Waals surface area contributed by atoms with Crippen molar-refractivity contribution >= 4 is 16.9 Å². The molecule has 1 N–H and O–H groups in total. The lowest BCUT2D eigenvalue weighted by molar-refractivity contribution is 0.0958. The Hall–Kier alpha value is -2.06. The van der Waals surface area contributed by atoms with E-state index in [1.165, 1.54) is 7.05 Å². The maximum atomic E-state index is 12.2. The van der Waals surface area contributed by atoms with Crippen LogP contribution in [0.2, 0.25) is 0 Å². The summed E-state index contributed by atoms with van der Waals surface area (Å²) in [7, 11) is 3.82. The van der Waals surface area contributed by atoms with Gasteiger partial charge in [-0.05, 0) is 25.7 Å². The van der Waals surface area contributed by atoms with Crippen LogP contribution in [0, 0.1) is 0 Å². The van der Waals surface area contributed by atoms with Gasteiger partial charge in [0.25, 0.3) is 5.91 Å². The summed E-state index contributed by atoms with van der Waals surface area (Å²) in [4.78, 5) is 12.2. The lowest BCUT2D eigenvalue weighted by Gasteiger charge is -2.13. The van der Waals surface area contributed by atoms with Crippen molar-refractivity contribution in [3.05, 3.63) is 41.7 Å². The molecule has 0 saturated carbocycles. The third-order valence-electron chi connectivity index (χ3n) is 2.82. The number of hydrogen-bond acceptors (Lipinski definition) is 4. The van der Waals surface area contributed by atoms with Crippen LogP contribution in [0.1, 0.15) is 16.1 Å². The molecule has 21 heavy (non-hydrogen) atoms. The summed E-state index contributed by atoms with van der Waals surface area (Å²) < 4.78 is 15.4. The standard InChI is InChI=1S/C13H17N5O2S/c1-14-13(19)11-9-18(16-15-11)8-10-6-4-5-7-12(10)21(20)17(2)3/h4-7,9H,8H2,1-3H3,(H,14,19). The fourth-order valence-electron chi connectivity index (χ4n) is 1.78. The minimum absolute atomic E-state index is 0.253. The molecule has 0 bridgehead atoms. The van der Waals surface area contributed by atoms with Gasteiger partial charge < -0.3 is 5.32 Å². The highest BCUT2D eigenvalue weighted by atomic mass is 32.2. The molecular weight excluding hydrogens is 290 g/mol. The number of nitrogens with zero attached hydrogens (tertiary/aromatic N) is 4. The molecule has 8 heteroatoms. The first kappa shape index (κ1) is 15.3. The zero-order valence-electron chi connectivity index (χ0n) is 12.1. The summed E-state index contributed by atoms with van der Waals surface area (Å²) in [5.74, 6) is -0.286. The van der Waals surface area contributed by atoms with Crippen LogP contribution < -0.4 is 5.32 Å². The van der Waals surface area contributed by atoms with Crippen molar-refractivity contribution < 1.29 is 9.00 Å². The van der Waals surface area contributed by atoms with Crippen LogP contribution in [0.5, 0.6) is 0 Å². The highest BCUT2D eigenvalue weighted by molar-refractivity contribution is 7.82. The van der Waals surface area contributed by atoms with Gasteiger partial charge in [-0.2, -0.15) is 0 Å². The van der Waals surface area contributed by atoms with E-state index < -0.39 is 11.0 Å². The first-order valence-corrected chi connectivity index (χ1v) is 7.43. The minimum Gasteiger partial charge on any atom is -0.354 e. The molecule has 112 valence electrons. The number of hydrogen-bond donors (Lipinski definition) is 1. The molecule has 1 unspecified atom stereocenters. The number of benzene rings is 1. The highest BCUT2D eigenvalue weighted by Crippen LogP contribution is 2.16. The van der Waals surface area contributed by atoms with E-state index in [1.54, 1.807) is 29.3 Å².